The van der Waals surface area contributed by atoms with Gasteiger partial charge in [-0.25, -0.2) is 8.78 Å². The molecular weight excluding hydrogens is 252 g/mol. The number of nitrogens with two attached hydrogens (primary N) is 1. The molecule has 0 saturated heterocycles. The summed E-state index contributed by atoms with van der Waals surface area (Å²) in [6.45, 7) is 0. The summed E-state index contributed by atoms with van der Waals surface area (Å²) in [6, 6.07) is 2.20. The van der Waals surface area contributed by atoms with E-state index in [1.165, 1.54) is 6.07 Å². The molecule has 1 aromatic rings. The summed E-state index contributed by atoms with van der Waals surface area (Å²) in [7, 11) is 0. The van der Waals surface area contributed by atoms with E-state index in [4.69, 9.17) is 5.73 Å². The van der Waals surface area contributed by atoms with E-state index in [0.29, 0.717) is 16.5 Å². The van der Waals surface area contributed by atoms with Crippen LogP contribution in [0.25, 0.3) is 0 Å². The van der Waals surface area contributed by atoms with Gasteiger partial charge in [0.05, 0.1) is 4.47 Å². The Morgan fingerprint density at radius 1 is 1.36 bits per heavy atom. The predicted octanol–water partition coefficient (Wildman–Crippen LogP) is 2.76. The molecule has 1 saturated carbocycles. The zero-order valence-electron chi connectivity index (χ0n) is 7.49. The molecule has 14 heavy (non-hydrogen) atoms. The zero-order chi connectivity index (χ0) is 10.3. The lowest BCUT2D eigenvalue weighted by atomic mass is 10.0. The van der Waals surface area contributed by atoms with Crippen molar-refractivity contribution in [2.24, 2.45) is 5.73 Å². The molecule has 0 atom stereocenters. The molecule has 76 valence electrons. The van der Waals surface area contributed by atoms with Gasteiger partial charge in [-0.15, -0.1) is 0 Å². The second-order valence-corrected chi connectivity index (χ2v) is 4.69. The molecule has 1 fully saturated rings. The smallest absolute Gasteiger partial charge is 0.140 e. The van der Waals surface area contributed by atoms with Crippen LogP contribution in [0.1, 0.15) is 18.4 Å². The van der Waals surface area contributed by atoms with Gasteiger partial charge in [0.2, 0.25) is 0 Å². The lowest BCUT2D eigenvalue weighted by molar-refractivity contribution is 0.568. The highest BCUT2D eigenvalue weighted by Crippen LogP contribution is 2.37. The van der Waals surface area contributed by atoms with Gasteiger partial charge in [0.1, 0.15) is 11.6 Å². The van der Waals surface area contributed by atoms with Crippen molar-refractivity contribution in [3.63, 3.8) is 0 Å². The fourth-order valence-electron chi connectivity index (χ4n) is 1.45. The summed E-state index contributed by atoms with van der Waals surface area (Å²) in [5.74, 6) is -1.12. The summed E-state index contributed by atoms with van der Waals surface area (Å²) < 4.78 is 26.3. The standard InChI is InChI=1S/C10H10BrF2N/c11-9-6(5-10(14)1-2-10)3-7(12)4-8(9)13/h3-4H,1-2,5,14H2. The number of hydrogen-bond donors (Lipinski definition) is 1. The van der Waals surface area contributed by atoms with Crippen LogP contribution >= 0.6 is 15.9 Å². The highest BCUT2D eigenvalue weighted by atomic mass is 79.9. The van der Waals surface area contributed by atoms with Gasteiger partial charge in [0, 0.05) is 11.6 Å². The highest BCUT2D eigenvalue weighted by Gasteiger charge is 2.38. The van der Waals surface area contributed by atoms with E-state index < -0.39 is 11.6 Å². The largest absolute Gasteiger partial charge is 0.325 e. The van der Waals surface area contributed by atoms with Crippen molar-refractivity contribution in [1.29, 1.82) is 0 Å². The van der Waals surface area contributed by atoms with Gasteiger partial charge < -0.3 is 5.73 Å². The molecule has 1 aliphatic rings. The second kappa shape index (κ2) is 3.28. The first kappa shape index (κ1) is 10.1. The maximum Gasteiger partial charge on any atom is 0.140 e. The molecule has 0 unspecified atom stereocenters. The topological polar surface area (TPSA) is 26.0 Å². The average molecular weight is 262 g/mol. The minimum Gasteiger partial charge on any atom is -0.325 e. The maximum atomic E-state index is 13.1. The number of rotatable bonds is 2. The van der Waals surface area contributed by atoms with E-state index >= 15 is 0 Å². The number of hydrogen-bond acceptors (Lipinski definition) is 1. The fourth-order valence-corrected chi connectivity index (χ4v) is 1.82. The maximum absolute atomic E-state index is 13.1. The van der Waals surface area contributed by atoms with Crippen molar-refractivity contribution in [1.82, 2.24) is 0 Å². The minimum atomic E-state index is -0.566. The summed E-state index contributed by atoms with van der Waals surface area (Å²) in [5, 5.41) is 0. The molecule has 0 aromatic heterocycles. The first-order valence-electron chi connectivity index (χ1n) is 4.42. The quantitative estimate of drug-likeness (QED) is 0.815. The minimum absolute atomic E-state index is 0.233. The van der Waals surface area contributed by atoms with E-state index in [0.717, 1.165) is 18.9 Å². The molecule has 2 N–H and O–H groups in total. The van der Waals surface area contributed by atoms with Crippen LogP contribution in [0.15, 0.2) is 16.6 Å². The number of benzene rings is 1. The first-order valence-corrected chi connectivity index (χ1v) is 5.22. The van der Waals surface area contributed by atoms with Gasteiger partial charge in [-0.3, -0.25) is 0 Å². The van der Waals surface area contributed by atoms with Crippen LogP contribution in [0.5, 0.6) is 0 Å². The molecule has 0 bridgehead atoms. The molecule has 0 amide bonds. The second-order valence-electron chi connectivity index (χ2n) is 3.90. The Labute approximate surface area is 89.4 Å². The lowest BCUT2D eigenvalue weighted by Gasteiger charge is -2.10. The van der Waals surface area contributed by atoms with Crippen molar-refractivity contribution < 1.29 is 8.78 Å². The lowest BCUT2D eigenvalue weighted by Crippen LogP contribution is -2.24. The highest BCUT2D eigenvalue weighted by molar-refractivity contribution is 9.10. The Morgan fingerprint density at radius 2 is 2.00 bits per heavy atom. The Bertz CT molecular complexity index is 375. The van der Waals surface area contributed by atoms with Gasteiger partial charge >= 0.3 is 0 Å². The molecule has 0 spiro atoms. The van der Waals surface area contributed by atoms with Crippen LogP contribution in [0.2, 0.25) is 0 Å². The summed E-state index contributed by atoms with van der Waals surface area (Å²) in [5.41, 5.74) is 6.26. The van der Waals surface area contributed by atoms with E-state index in [2.05, 4.69) is 15.9 Å². The molecule has 1 aromatic carbocycles. The monoisotopic (exact) mass is 261 g/mol. The van der Waals surface area contributed by atoms with Crippen LogP contribution < -0.4 is 5.73 Å². The average Bonchev–Trinajstić information content (AvgIpc) is 2.79. The Kier molecular flexibility index (Phi) is 2.35. The van der Waals surface area contributed by atoms with Crippen molar-refractivity contribution in [2.75, 3.05) is 0 Å². The van der Waals surface area contributed by atoms with Gasteiger partial charge in [-0.2, -0.15) is 0 Å². The predicted molar refractivity (Wildman–Crippen MR) is 53.9 cm³/mol. The molecule has 0 radical (unpaired) electrons. The normalized spacial score (nSPS) is 18.3. The van der Waals surface area contributed by atoms with Crippen LogP contribution in [0, 0.1) is 11.6 Å². The van der Waals surface area contributed by atoms with E-state index in [1.54, 1.807) is 0 Å². The first-order chi connectivity index (χ1) is 6.50. The van der Waals surface area contributed by atoms with Crippen LogP contribution in [-0.2, 0) is 6.42 Å². The number of halogens is 3. The van der Waals surface area contributed by atoms with Gasteiger partial charge in [-0.05, 0) is 46.8 Å². The Balaban J connectivity index is 2.32. The van der Waals surface area contributed by atoms with E-state index in [9.17, 15) is 8.78 Å². The fraction of sp³-hybridized carbons (Fsp3) is 0.400. The Morgan fingerprint density at radius 3 is 2.57 bits per heavy atom. The molecule has 0 heterocycles. The Hall–Kier alpha value is -0.480. The molecule has 0 aliphatic heterocycles. The summed E-state index contributed by atoms with van der Waals surface area (Å²) >= 11 is 3.10. The van der Waals surface area contributed by atoms with Crippen LogP contribution in [0.4, 0.5) is 8.78 Å². The van der Waals surface area contributed by atoms with Gasteiger partial charge in [0.25, 0.3) is 0 Å². The van der Waals surface area contributed by atoms with Crippen molar-refractivity contribution in [3.05, 3.63) is 33.8 Å². The van der Waals surface area contributed by atoms with Crippen molar-refractivity contribution in [3.8, 4) is 0 Å². The molecule has 1 nitrogen and oxygen atoms in total. The zero-order valence-corrected chi connectivity index (χ0v) is 9.07. The SMILES string of the molecule is NC1(Cc2cc(F)cc(F)c2Br)CC1. The summed E-state index contributed by atoms with van der Waals surface area (Å²) in [4.78, 5) is 0. The van der Waals surface area contributed by atoms with E-state index in [-0.39, 0.29) is 5.54 Å². The third-order valence-corrected chi connectivity index (χ3v) is 3.39. The van der Waals surface area contributed by atoms with Crippen molar-refractivity contribution in [2.45, 2.75) is 24.8 Å². The molecule has 4 heteroatoms. The van der Waals surface area contributed by atoms with Crippen molar-refractivity contribution >= 4 is 15.9 Å². The van der Waals surface area contributed by atoms with Gasteiger partial charge in [0.15, 0.2) is 0 Å². The molecule has 2 rings (SSSR count). The molecular formula is C10H10BrF2N. The third-order valence-electron chi connectivity index (χ3n) is 2.50. The van der Waals surface area contributed by atoms with Crippen LogP contribution in [-0.4, -0.2) is 5.54 Å². The van der Waals surface area contributed by atoms with Gasteiger partial charge in [-0.1, -0.05) is 0 Å². The third kappa shape index (κ3) is 1.96. The van der Waals surface area contributed by atoms with Crippen LogP contribution in [0.3, 0.4) is 0 Å². The summed E-state index contributed by atoms with van der Waals surface area (Å²) in [6.07, 6.45) is 2.39. The molecule has 1 aliphatic carbocycles. The van der Waals surface area contributed by atoms with E-state index in [1.807, 2.05) is 0 Å².